The van der Waals surface area contributed by atoms with Crippen LogP contribution in [-0.4, -0.2) is 72.4 Å². The van der Waals surface area contributed by atoms with Crippen molar-refractivity contribution in [3.05, 3.63) is 95.6 Å². The maximum atomic E-state index is 11.1. The van der Waals surface area contributed by atoms with Gasteiger partial charge in [0.05, 0.1) is 12.1 Å². The molecule has 2 N–H and O–H groups in total. The highest BCUT2D eigenvalue weighted by Gasteiger charge is 2.27. The van der Waals surface area contributed by atoms with Crippen LogP contribution in [0.25, 0.3) is 11.4 Å². The summed E-state index contributed by atoms with van der Waals surface area (Å²) in [4.78, 5) is 16.1. The molecule has 1 aliphatic heterocycles. The van der Waals surface area contributed by atoms with Crippen LogP contribution in [0.15, 0.2) is 78.9 Å². The molecule has 1 unspecified atom stereocenters. The summed E-state index contributed by atoms with van der Waals surface area (Å²) in [6.45, 7) is 6.71. The van der Waals surface area contributed by atoms with Crippen molar-refractivity contribution in [3.8, 4) is 17.1 Å². The molecule has 3 aromatic carbocycles. The van der Waals surface area contributed by atoms with E-state index in [0.717, 1.165) is 55.8 Å². The van der Waals surface area contributed by atoms with E-state index in [2.05, 4.69) is 73.9 Å². The average molecular weight is 541 g/mol. The van der Waals surface area contributed by atoms with Gasteiger partial charge < -0.3 is 10.2 Å². The van der Waals surface area contributed by atoms with E-state index < -0.39 is 5.97 Å². The zero-order valence-corrected chi connectivity index (χ0v) is 22.8. The van der Waals surface area contributed by atoms with Crippen LogP contribution in [0, 0.1) is 0 Å². The third-order valence-corrected chi connectivity index (χ3v) is 7.69. The topological polar surface area (TPSA) is 108 Å². The van der Waals surface area contributed by atoms with Crippen LogP contribution in [0.1, 0.15) is 55.0 Å². The van der Waals surface area contributed by atoms with Crippen molar-refractivity contribution in [1.82, 2.24) is 30.0 Å². The summed E-state index contributed by atoms with van der Waals surface area (Å²) in [5.74, 6) is 0.0662. The van der Waals surface area contributed by atoms with Crippen LogP contribution >= 0.6 is 0 Å². The molecule has 1 aromatic heterocycles. The molecule has 9 heteroatoms. The monoisotopic (exact) mass is 540 g/mol. The number of carboxylic acids is 1. The lowest BCUT2D eigenvalue weighted by molar-refractivity contribution is -0.137. The van der Waals surface area contributed by atoms with Gasteiger partial charge in [-0.25, -0.2) is 4.68 Å². The second-order valence-corrected chi connectivity index (χ2v) is 10.4. The minimum atomic E-state index is -0.823. The van der Waals surface area contributed by atoms with E-state index in [1.165, 1.54) is 5.56 Å². The Bertz CT molecular complexity index is 1380. The first-order valence-electron chi connectivity index (χ1n) is 13.9. The highest BCUT2D eigenvalue weighted by Crippen LogP contribution is 2.33. The van der Waals surface area contributed by atoms with E-state index in [0.29, 0.717) is 12.2 Å². The van der Waals surface area contributed by atoms with Crippen molar-refractivity contribution < 1.29 is 15.0 Å². The largest absolute Gasteiger partial charge is 0.508 e. The Hall–Kier alpha value is -4.08. The molecule has 5 rings (SSSR count). The van der Waals surface area contributed by atoms with Gasteiger partial charge in [-0.15, -0.1) is 5.10 Å². The maximum absolute atomic E-state index is 11.1. The number of hydrogen-bond acceptors (Lipinski definition) is 7. The molecule has 1 aliphatic rings. The number of carboxylic acid groups (broad SMARTS) is 1. The van der Waals surface area contributed by atoms with Crippen LogP contribution in [0.3, 0.4) is 0 Å². The predicted octanol–water partition coefficient (Wildman–Crippen LogP) is 4.77. The Labute approximate surface area is 234 Å². The summed E-state index contributed by atoms with van der Waals surface area (Å²) in [5.41, 5.74) is 4.38. The zero-order valence-electron chi connectivity index (χ0n) is 22.8. The molecule has 0 saturated carbocycles. The third kappa shape index (κ3) is 6.55. The van der Waals surface area contributed by atoms with Gasteiger partial charge in [0, 0.05) is 44.7 Å². The minimum absolute atomic E-state index is 0.00465. The number of tetrazole rings is 1. The van der Waals surface area contributed by atoms with E-state index >= 15 is 0 Å². The average Bonchev–Trinajstić information content (AvgIpc) is 3.45. The quantitative estimate of drug-likeness (QED) is 0.280. The molecule has 1 saturated heterocycles. The van der Waals surface area contributed by atoms with Gasteiger partial charge in [-0.1, -0.05) is 73.7 Å². The number of aromatic hydroxyl groups is 1. The fourth-order valence-corrected chi connectivity index (χ4v) is 5.56. The molecule has 0 spiro atoms. The Balaban J connectivity index is 1.36. The van der Waals surface area contributed by atoms with Crippen LogP contribution in [0.4, 0.5) is 0 Å². The second-order valence-electron chi connectivity index (χ2n) is 10.4. The van der Waals surface area contributed by atoms with Gasteiger partial charge in [0.1, 0.15) is 5.75 Å². The summed E-state index contributed by atoms with van der Waals surface area (Å²) in [6.07, 6.45) is 1.28. The van der Waals surface area contributed by atoms with Crippen LogP contribution in [-0.2, 0) is 11.3 Å². The Kier molecular flexibility index (Phi) is 8.83. The molecule has 1 fully saturated rings. The van der Waals surface area contributed by atoms with Crippen LogP contribution < -0.4 is 0 Å². The first-order valence-corrected chi connectivity index (χ1v) is 13.9. The fraction of sp³-hybridized carbons (Fsp3) is 0.355. The number of rotatable bonds is 11. The zero-order chi connectivity index (χ0) is 27.9. The molecule has 2 atom stereocenters. The van der Waals surface area contributed by atoms with Crippen molar-refractivity contribution in [2.45, 2.75) is 44.8 Å². The molecule has 2 heterocycles. The number of carbonyl (C=O) groups is 1. The maximum Gasteiger partial charge on any atom is 0.303 e. The van der Waals surface area contributed by atoms with E-state index in [4.69, 9.17) is 5.11 Å². The number of hydrogen-bond donors (Lipinski definition) is 2. The molecule has 0 amide bonds. The predicted molar refractivity (Wildman–Crippen MR) is 153 cm³/mol. The van der Waals surface area contributed by atoms with Gasteiger partial charge in [-0.05, 0) is 52.1 Å². The van der Waals surface area contributed by atoms with E-state index in [-0.39, 0.29) is 24.3 Å². The summed E-state index contributed by atoms with van der Waals surface area (Å²) < 4.78 is 1.75. The first kappa shape index (κ1) is 27.5. The van der Waals surface area contributed by atoms with Crippen LogP contribution in [0.5, 0.6) is 5.75 Å². The molecular formula is C31H36N6O3. The standard InChI is InChI=1S/C31H36N6O3/c1-2-27(15-16-29(39)40)37-31(32-33-34-37)25-13-11-24(12-14-25)30(26-9-6-10-28(38)21-26)36-19-17-35(18-20-36)22-23-7-4-3-5-8-23/h3-14,21,27,30,38H,2,15-20,22H2,1H3,(H,39,40)/t27?,30-/m1/s1. The molecule has 0 bridgehead atoms. The van der Waals surface area contributed by atoms with E-state index in [1.807, 2.05) is 31.2 Å². The molecule has 208 valence electrons. The van der Waals surface area contributed by atoms with Crippen molar-refractivity contribution in [2.24, 2.45) is 0 Å². The first-order chi connectivity index (χ1) is 19.5. The lowest BCUT2D eigenvalue weighted by Crippen LogP contribution is -2.47. The molecule has 0 aliphatic carbocycles. The number of phenolic OH excluding ortho intramolecular Hbond substituents is 1. The highest BCUT2D eigenvalue weighted by atomic mass is 16.4. The summed E-state index contributed by atoms with van der Waals surface area (Å²) in [7, 11) is 0. The number of nitrogens with zero attached hydrogens (tertiary/aromatic N) is 6. The van der Waals surface area contributed by atoms with Gasteiger partial charge in [-0.3, -0.25) is 14.6 Å². The Morgan fingerprint density at radius 2 is 1.68 bits per heavy atom. The number of phenols is 1. The minimum Gasteiger partial charge on any atom is -0.508 e. The molecule has 0 radical (unpaired) electrons. The second kappa shape index (κ2) is 12.8. The fourth-order valence-electron chi connectivity index (χ4n) is 5.56. The van der Waals surface area contributed by atoms with Gasteiger partial charge >= 0.3 is 5.97 Å². The molecule has 40 heavy (non-hydrogen) atoms. The summed E-state index contributed by atoms with van der Waals surface area (Å²) >= 11 is 0. The van der Waals surface area contributed by atoms with Gasteiger partial charge in [0.25, 0.3) is 0 Å². The lowest BCUT2D eigenvalue weighted by atomic mass is 9.95. The Morgan fingerprint density at radius 1 is 0.925 bits per heavy atom. The van der Waals surface area contributed by atoms with Gasteiger partial charge in [0.2, 0.25) is 0 Å². The van der Waals surface area contributed by atoms with E-state index in [1.54, 1.807) is 10.7 Å². The normalized spacial score (nSPS) is 16.0. The van der Waals surface area contributed by atoms with Crippen LogP contribution in [0.2, 0.25) is 0 Å². The van der Waals surface area contributed by atoms with Gasteiger partial charge in [-0.2, -0.15) is 0 Å². The van der Waals surface area contributed by atoms with Crippen molar-refractivity contribution in [3.63, 3.8) is 0 Å². The summed E-state index contributed by atoms with van der Waals surface area (Å²) in [5, 5.41) is 31.8. The van der Waals surface area contributed by atoms with Crippen molar-refractivity contribution in [2.75, 3.05) is 26.2 Å². The SMILES string of the molecule is CCC(CCC(=O)O)n1nnnc1-c1ccc([C@H](c2cccc(O)c2)N2CCN(Cc3ccccc3)CC2)cc1. The smallest absolute Gasteiger partial charge is 0.303 e. The highest BCUT2D eigenvalue weighted by molar-refractivity contribution is 5.66. The lowest BCUT2D eigenvalue weighted by Gasteiger charge is -2.40. The summed E-state index contributed by atoms with van der Waals surface area (Å²) in [6, 6.07) is 26.3. The number of piperazine rings is 1. The Morgan fingerprint density at radius 3 is 2.35 bits per heavy atom. The number of aromatic nitrogens is 4. The van der Waals surface area contributed by atoms with Crippen molar-refractivity contribution in [1.29, 1.82) is 0 Å². The third-order valence-electron chi connectivity index (χ3n) is 7.69. The number of aliphatic carboxylic acids is 1. The van der Waals surface area contributed by atoms with Gasteiger partial charge in [0.15, 0.2) is 5.82 Å². The number of benzene rings is 3. The van der Waals surface area contributed by atoms with Crippen molar-refractivity contribution >= 4 is 5.97 Å². The molecule has 4 aromatic rings. The molecular weight excluding hydrogens is 504 g/mol. The van der Waals surface area contributed by atoms with E-state index in [9.17, 15) is 9.90 Å². The molecule has 9 nitrogen and oxygen atoms in total.